The van der Waals surface area contributed by atoms with Crippen LogP contribution in [-0.2, 0) is 11.2 Å². The summed E-state index contributed by atoms with van der Waals surface area (Å²) in [5.74, 6) is 0.596. The van der Waals surface area contributed by atoms with Crippen LogP contribution >= 0.6 is 0 Å². The van der Waals surface area contributed by atoms with E-state index in [1.165, 1.54) is 12.3 Å². The number of nitrogens with one attached hydrogen (secondary N) is 2. The van der Waals surface area contributed by atoms with Gasteiger partial charge in [-0.25, -0.2) is 9.97 Å². The third kappa shape index (κ3) is 4.31. The summed E-state index contributed by atoms with van der Waals surface area (Å²) in [6.07, 6.45) is 7.05. The van der Waals surface area contributed by atoms with E-state index in [1.807, 2.05) is 4.90 Å². The molecule has 1 aliphatic rings. The lowest BCUT2D eigenvalue weighted by Gasteiger charge is -2.32. The molecule has 1 atom stereocenters. The summed E-state index contributed by atoms with van der Waals surface area (Å²) in [6, 6.07) is 3.08. The summed E-state index contributed by atoms with van der Waals surface area (Å²) in [5, 5.41) is 13.7. The zero-order chi connectivity index (χ0) is 17.6. The third-order valence-corrected chi connectivity index (χ3v) is 4.31. The molecule has 0 spiro atoms. The second kappa shape index (κ2) is 7.73. The molecule has 3 heterocycles. The van der Waals surface area contributed by atoms with E-state index in [1.54, 1.807) is 18.6 Å². The number of aromatic amines is 1. The van der Waals surface area contributed by atoms with Crippen molar-refractivity contribution in [3.8, 4) is 0 Å². The molecule has 0 radical (unpaired) electrons. The summed E-state index contributed by atoms with van der Waals surface area (Å²) >= 11 is 0. The van der Waals surface area contributed by atoms with Gasteiger partial charge in [-0.2, -0.15) is 0 Å². The molecule has 25 heavy (non-hydrogen) atoms. The van der Waals surface area contributed by atoms with Crippen LogP contribution in [0.25, 0.3) is 0 Å². The molecule has 9 nitrogen and oxygen atoms in total. The van der Waals surface area contributed by atoms with Crippen LogP contribution in [0, 0.1) is 16.0 Å². The van der Waals surface area contributed by atoms with Gasteiger partial charge in [0.2, 0.25) is 5.91 Å². The van der Waals surface area contributed by atoms with Crippen molar-refractivity contribution >= 4 is 17.4 Å². The van der Waals surface area contributed by atoms with Gasteiger partial charge in [0, 0.05) is 44.0 Å². The highest BCUT2D eigenvalue weighted by atomic mass is 16.6. The van der Waals surface area contributed by atoms with Crippen LogP contribution in [0.3, 0.4) is 0 Å². The zero-order valence-electron chi connectivity index (χ0n) is 13.7. The molecule has 0 aliphatic carbocycles. The van der Waals surface area contributed by atoms with Gasteiger partial charge in [0.25, 0.3) is 5.69 Å². The van der Waals surface area contributed by atoms with Crippen molar-refractivity contribution in [1.29, 1.82) is 0 Å². The van der Waals surface area contributed by atoms with Crippen LogP contribution in [0.4, 0.5) is 11.5 Å². The minimum absolute atomic E-state index is 0.0335. The Bertz CT molecular complexity index is 716. The number of hydrogen-bond donors (Lipinski definition) is 2. The summed E-state index contributed by atoms with van der Waals surface area (Å²) in [6.45, 7) is 1.93. The number of aromatic nitrogens is 3. The first-order valence-electron chi connectivity index (χ1n) is 8.24. The number of H-pyrrole nitrogens is 1. The Morgan fingerprint density at radius 1 is 1.44 bits per heavy atom. The number of anilines is 1. The Kier molecular flexibility index (Phi) is 5.22. The molecular formula is C16H20N6O3. The molecule has 0 saturated carbocycles. The maximum Gasteiger partial charge on any atom is 0.287 e. The number of imidazole rings is 1. The SMILES string of the molecule is O=C(NCCc1cnc[nH]1)[C@H]1CCCN(c2ccc([N+](=O)[O-])cn2)C1. The van der Waals surface area contributed by atoms with E-state index >= 15 is 0 Å². The molecule has 2 aromatic rings. The number of amides is 1. The van der Waals surface area contributed by atoms with Crippen LogP contribution in [0.5, 0.6) is 0 Å². The van der Waals surface area contributed by atoms with Gasteiger partial charge in [0.15, 0.2) is 0 Å². The second-order valence-corrected chi connectivity index (χ2v) is 6.03. The summed E-state index contributed by atoms with van der Waals surface area (Å²) in [4.78, 5) is 35.7. The minimum atomic E-state index is -0.469. The normalized spacial score (nSPS) is 17.3. The Hall–Kier alpha value is -2.97. The van der Waals surface area contributed by atoms with Crippen LogP contribution in [0.1, 0.15) is 18.5 Å². The monoisotopic (exact) mass is 344 g/mol. The van der Waals surface area contributed by atoms with Crippen molar-refractivity contribution in [1.82, 2.24) is 20.3 Å². The van der Waals surface area contributed by atoms with Crippen molar-refractivity contribution in [3.63, 3.8) is 0 Å². The number of piperidine rings is 1. The molecule has 132 valence electrons. The number of carbonyl (C=O) groups is 1. The van der Waals surface area contributed by atoms with Gasteiger partial charge in [-0.3, -0.25) is 14.9 Å². The number of pyridine rings is 1. The largest absolute Gasteiger partial charge is 0.356 e. The predicted molar refractivity (Wildman–Crippen MR) is 91.1 cm³/mol. The van der Waals surface area contributed by atoms with Gasteiger partial charge in [-0.1, -0.05) is 0 Å². The predicted octanol–water partition coefficient (Wildman–Crippen LogP) is 1.29. The number of rotatable bonds is 6. The zero-order valence-corrected chi connectivity index (χ0v) is 13.7. The molecule has 1 aliphatic heterocycles. The lowest BCUT2D eigenvalue weighted by atomic mass is 9.97. The van der Waals surface area contributed by atoms with E-state index in [4.69, 9.17) is 0 Å². The van der Waals surface area contributed by atoms with Gasteiger partial charge in [0.1, 0.15) is 12.0 Å². The number of hydrogen-bond acceptors (Lipinski definition) is 6. The molecule has 1 saturated heterocycles. The lowest BCUT2D eigenvalue weighted by Crippen LogP contribution is -2.43. The Morgan fingerprint density at radius 2 is 2.32 bits per heavy atom. The fourth-order valence-electron chi connectivity index (χ4n) is 2.96. The molecule has 2 N–H and O–H groups in total. The molecule has 0 bridgehead atoms. The van der Waals surface area contributed by atoms with Crippen LogP contribution in [0.2, 0.25) is 0 Å². The lowest BCUT2D eigenvalue weighted by molar-refractivity contribution is -0.385. The van der Waals surface area contributed by atoms with Gasteiger partial charge in [-0.05, 0) is 18.9 Å². The second-order valence-electron chi connectivity index (χ2n) is 6.03. The van der Waals surface area contributed by atoms with E-state index < -0.39 is 4.92 Å². The third-order valence-electron chi connectivity index (χ3n) is 4.31. The molecule has 0 aromatic carbocycles. The fourth-order valence-corrected chi connectivity index (χ4v) is 2.96. The number of nitrogens with zero attached hydrogens (tertiary/aromatic N) is 4. The molecule has 2 aromatic heterocycles. The van der Waals surface area contributed by atoms with E-state index in [-0.39, 0.29) is 17.5 Å². The highest BCUT2D eigenvalue weighted by molar-refractivity contribution is 5.79. The Balaban J connectivity index is 1.53. The average Bonchev–Trinajstić information content (AvgIpc) is 3.15. The van der Waals surface area contributed by atoms with Gasteiger partial charge in [-0.15, -0.1) is 0 Å². The summed E-state index contributed by atoms with van der Waals surface area (Å²) in [7, 11) is 0. The van der Waals surface area contributed by atoms with Crippen molar-refractivity contribution in [2.24, 2.45) is 5.92 Å². The summed E-state index contributed by atoms with van der Waals surface area (Å²) in [5.41, 5.74) is 0.953. The number of carbonyl (C=O) groups excluding carboxylic acids is 1. The van der Waals surface area contributed by atoms with Crippen molar-refractivity contribution < 1.29 is 9.72 Å². The molecule has 9 heteroatoms. The maximum atomic E-state index is 12.4. The quantitative estimate of drug-likeness (QED) is 0.602. The van der Waals surface area contributed by atoms with E-state index in [0.717, 1.165) is 25.1 Å². The van der Waals surface area contributed by atoms with Crippen molar-refractivity contribution in [2.45, 2.75) is 19.3 Å². The average molecular weight is 344 g/mol. The van der Waals surface area contributed by atoms with E-state index in [9.17, 15) is 14.9 Å². The summed E-state index contributed by atoms with van der Waals surface area (Å²) < 4.78 is 0. The molecular weight excluding hydrogens is 324 g/mol. The van der Waals surface area contributed by atoms with Gasteiger partial charge >= 0.3 is 0 Å². The van der Waals surface area contributed by atoms with Crippen LogP contribution < -0.4 is 10.2 Å². The first-order chi connectivity index (χ1) is 12.1. The molecule has 1 fully saturated rings. The first kappa shape index (κ1) is 16.9. The van der Waals surface area contributed by atoms with Gasteiger partial charge < -0.3 is 15.2 Å². The van der Waals surface area contributed by atoms with E-state index in [0.29, 0.717) is 25.3 Å². The topological polar surface area (TPSA) is 117 Å². The Labute approximate surface area is 144 Å². The maximum absolute atomic E-state index is 12.4. The Morgan fingerprint density at radius 3 is 3.00 bits per heavy atom. The molecule has 3 rings (SSSR count). The van der Waals surface area contributed by atoms with Crippen molar-refractivity contribution in [3.05, 3.63) is 46.7 Å². The van der Waals surface area contributed by atoms with E-state index in [2.05, 4.69) is 20.3 Å². The van der Waals surface area contributed by atoms with Gasteiger partial charge in [0.05, 0.1) is 17.2 Å². The first-order valence-corrected chi connectivity index (χ1v) is 8.24. The minimum Gasteiger partial charge on any atom is -0.356 e. The standard InChI is InChI=1S/C16H20N6O3/c23-16(18-6-5-13-8-17-11-20-13)12-2-1-7-21(10-12)15-4-3-14(9-19-15)22(24)25/h3-4,8-9,11-12H,1-2,5-7,10H2,(H,17,20)(H,18,23)/t12-/m0/s1. The highest BCUT2D eigenvalue weighted by Crippen LogP contribution is 2.23. The highest BCUT2D eigenvalue weighted by Gasteiger charge is 2.26. The van der Waals surface area contributed by atoms with Crippen LogP contribution in [0.15, 0.2) is 30.9 Å². The smallest absolute Gasteiger partial charge is 0.287 e. The van der Waals surface area contributed by atoms with Crippen LogP contribution in [-0.4, -0.2) is 45.4 Å². The molecule has 0 unspecified atom stereocenters. The van der Waals surface area contributed by atoms with Crippen molar-refractivity contribution in [2.75, 3.05) is 24.5 Å². The molecule has 1 amide bonds. The fraction of sp³-hybridized carbons (Fsp3) is 0.438. The number of nitro groups is 1.